The van der Waals surface area contributed by atoms with Gasteiger partial charge in [-0.2, -0.15) is 0 Å². The average Bonchev–Trinajstić information content (AvgIpc) is 3.57. The second kappa shape index (κ2) is 8.36. The zero-order valence-electron chi connectivity index (χ0n) is 19.5. The molecule has 4 aromatic rings. The number of aromatic nitrogens is 5. The van der Waals surface area contributed by atoms with Crippen molar-refractivity contribution in [2.45, 2.75) is 51.8 Å². The minimum absolute atomic E-state index is 0.0915. The van der Waals surface area contributed by atoms with E-state index >= 15 is 0 Å². The number of pyridine rings is 1. The van der Waals surface area contributed by atoms with Gasteiger partial charge in [-0.3, -0.25) is 4.79 Å². The van der Waals surface area contributed by atoms with Crippen molar-refractivity contribution in [1.29, 1.82) is 0 Å². The summed E-state index contributed by atoms with van der Waals surface area (Å²) in [4.78, 5) is 18.9. The van der Waals surface area contributed by atoms with Crippen LogP contribution in [0.25, 0.3) is 10.9 Å². The number of fused-ring (bicyclic) bond motifs is 2. The Morgan fingerprint density at radius 1 is 1.21 bits per heavy atom. The lowest BCUT2D eigenvalue weighted by Gasteiger charge is -2.30. The van der Waals surface area contributed by atoms with E-state index in [1.165, 1.54) is 5.56 Å². The molecule has 1 N–H and O–H groups in total. The first-order valence-corrected chi connectivity index (χ1v) is 11.9. The fourth-order valence-corrected chi connectivity index (χ4v) is 5.49. The van der Waals surface area contributed by atoms with Gasteiger partial charge in [-0.1, -0.05) is 24.3 Å². The van der Waals surface area contributed by atoms with E-state index in [0.29, 0.717) is 17.9 Å². The van der Waals surface area contributed by atoms with Crippen molar-refractivity contribution >= 4 is 16.6 Å². The maximum Gasteiger partial charge on any atom is 0.254 e. The van der Waals surface area contributed by atoms with Crippen molar-refractivity contribution in [2.75, 3.05) is 18.1 Å². The van der Waals surface area contributed by atoms with Crippen LogP contribution < -0.4 is 10.5 Å². The average molecular weight is 457 g/mol. The predicted octanol–water partition coefficient (Wildman–Crippen LogP) is 3.46. The predicted molar refractivity (Wildman–Crippen MR) is 130 cm³/mol. The van der Waals surface area contributed by atoms with E-state index in [1.54, 1.807) is 0 Å². The summed E-state index contributed by atoms with van der Waals surface area (Å²) in [6.45, 7) is 6.27. The first-order chi connectivity index (χ1) is 16.6. The Bertz CT molecular complexity index is 1420. The highest BCUT2D eigenvalue weighted by atomic mass is 16.5. The van der Waals surface area contributed by atoms with Gasteiger partial charge in [-0.25, -0.2) is 4.68 Å². The van der Waals surface area contributed by atoms with Gasteiger partial charge in [0.05, 0.1) is 12.6 Å². The van der Waals surface area contributed by atoms with Gasteiger partial charge in [0, 0.05) is 35.3 Å². The summed E-state index contributed by atoms with van der Waals surface area (Å²) in [5.41, 5.74) is 6.05. The highest BCUT2D eigenvalue weighted by Crippen LogP contribution is 2.37. The molecule has 0 aliphatic carbocycles. The number of tetrazole rings is 1. The van der Waals surface area contributed by atoms with E-state index in [0.717, 1.165) is 60.1 Å². The molecule has 4 heterocycles. The Labute approximate surface area is 197 Å². The summed E-state index contributed by atoms with van der Waals surface area (Å²) in [7, 11) is 0. The van der Waals surface area contributed by atoms with E-state index in [9.17, 15) is 4.79 Å². The number of rotatable bonds is 5. The van der Waals surface area contributed by atoms with Gasteiger partial charge in [0.2, 0.25) is 0 Å². The minimum Gasteiger partial charge on any atom is -0.376 e. The van der Waals surface area contributed by atoms with E-state index in [2.05, 4.69) is 56.6 Å². The molecule has 174 valence electrons. The number of aromatic amines is 1. The molecule has 0 radical (unpaired) electrons. The number of hydrogen-bond donors (Lipinski definition) is 1. The van der Waals surface area contributed by atoms with Crippen LogP contribution in [0.15, 0.2) is 47.3 Å². The van der Waals surface area contributed by atoms with Crippen molar-refractivity contribution in [2.24, 2.45) is 0 Å². The number of aryl methyl sites for hydroxylation is 2. The fraction of sp³-hybridized carbons (Fsp3) is 0.385. The molecule has 1 saturated heterocycles. The van der Waals surface area contributed by atoms with Crippen molar-refractivity contribution in [3.63, 3.8) is 0 Å². The molecule has 0 bridgehead atoms. The third kappa shape index (κ3) is 3.58. The van der Waals surface area contributed by atoms with Crippen LogP contribution in [-0.4, -0.2) is 44.4 Å². The normalized spacial score (nSPS) is 18.5. The topological polar surface area (TPSA) is 88.9 Å². The number of H-pyrrole nitrogens is 1. The third-order valence-electron chi connectivity index (χ3n) is 7.08. The maximum absolute atomic E-state index is 13.5. The summed E-state index contributed by atoms with van der Waals surface area (Å²) in [6.07, 6.45) is 3.05. The highest BCUT2D eigenvalue weighted by Gasteiger charge is 2.35. The number of hydrogen-bond acceptors (Lipinski definition) is 6. The van der Waals surface area contributed by atoms with Crippen LogP contribution in [0.1, 0.15) is 47.0 Å². The lowest BCUT2D eigenvalue weighted by atomic mass is 10.00. The zero-order chi connectivity index (χ0) is 23.2. The Morgan fingerprint density at radius 2 is 2.09 bits per heavy atom. The Morgan fingerprint density at radius 3 is 2.94 bits per heavy atom. The molecule has 8 nitrogen and oxygen atoms in total. The van der Waals surface area contributed by atoms with E-state index in [4.69, 9.17) is 4.74 Å². The lowest BCUT2D eigenvalue weighted by molar-refractivity contribution is 0.0924. The monoisotopic (exact) mass is 456 g/mol. The van der Waals surface area contributed by atoms with Gasteiger partial charge in [0.15, 0.2) is 5.82 Å². The SMILES string of the molecule is Cc1cc(C)c2cc([C@H](c3nnnn3C[C@H]3CCCO3)N3CCc4ccccc43)c(=O)[nH]c2c1. The Hall–Kier alpha value is -3.52. The second-order valence-corrected chi connectivity index (χ2v) is 9.43. The zero-order valence-corrected chi connectivity index (χ0v) is 19.5. The largest absolute Gasteiger partial charge is 0.376 e. The van der Waals surface area contributed by atoms with Crippen LogP contribution in [-0.2, 0) is 17.7 Å². The smallest absolute Gasteiger partial charge is 0.254 e. The van der Waals surface area contributed by atoms with Gasteiger partial charge in [0.1, 0.15) is 6.04 Å². The maximum atomic E-state index is 13.5. The van der Waals surface area contributed by atoms with Gasteiger partial charge in [-0.05, 0) is 78.4 Å². The molecule has 2 aromatic carbocycles. The van der Waals surface area contributed by atoms with Crippen LogP contribution in [0.5, 0.6) is 0 Å². The molecule has 2 aliphatic heterocycles. The first kappa shape index (κ1) is 21.0. The van der Waals surface area contributed by atoms with Gasteiger partial charge in [-0.15, -0.1) is 5.10 Å². The lowest BCUT2D eigenvalue weighted by Crippen LogP contribution is -2.35. The number of anilines is 1. The number of nitrogens with one attached hydrogen (secondary N) is 1. The molecule has 2 aromatic heterocycles. The first-order valence-electron chi connectivity index (χ1n) is 11.9. The molecular formula is C26H28N6O2. The molecule has 2 atom stereocenters. The van der Waals surface area contributed by atoms with Crippen LogP contribution >= 0.6 is 0 Å². The number of benzene rings is 2. The van der Waals surface area contributed by atoms with E-state index < -0.39 is 6.04 Å². The standard InChI is InChI=1S/C26H28N6O2/c1-16-12-17(2)20-14-21(26(33)27-22(20)13-16)24(31-10-9-18-6-3-4-8-23(18)31)25-28-29-30-32(25)15-19-7-5-11-34-19/h3-4,6,8,12-14,19,24H,5,7,9-11,15H2,1-2H3,(H,27,33)/t19-,24-/m1/s1. The molecule has 0 unspecified atom stereocenters. The molecule has 2 aliphatic rings. The van der Waals surface area contributed by atoms with Crippen LogP contribution in [0.3, 0.4) is 0 Å². The van der Waals surface area contributed by atoms with Crippen molar-refractivity contribution in [1.82, 2.24) is 25.2 Å². The summed E-state index contributed by atoms with van der Waals surface area (Å²) >= 11 is 0. The molecule has 6 rings (SSSR count). The third-order valence-corrected chi connectivity index (χ3v) is 7.08. The molecular weight excluding hydrogens is 428 g/mol. The highest BCUT2D eigenvalue weighted by molar-refractivity contribution is 5.83. The quantitative estimate of drug-likeness (QED) is 0.495. The summed E-state index contributed by atoms with van der Waals surface area (Å²) in [5, 5.41) is 13.8. The minimum atomic E-state index is -0.408. The Kier molecular flexibility index (Phi) is 5.17. The second-order valence-electron chi connectivity index (χ2n) is 9.43. The van der Waals surface area contributed by atoms with E-state index in [1.807, 2.05) is 29.8 Å². The van der Waals surface area contributed by atoms with Gasteiger partial charge < -0.3 is 14.6 Å². The summed E-state index contributed by atoms with van der Waals surface area (Å²) < 4.78 is 7.69. The molecule has 34 heavy (non-hydrogen) atoms. The number of nitrogens with zero attached hydrogens (tertiary/aromatic N) is 5. The van der Waals surface area contributed by atoms with E-state index in [-0.39, 0.29) is 11.7 Å². The fourth-order valence-electron chi connectivity index (χ4n) is 5.49. The van der Waals surface area contributed by atoms with Crippen molar-refractivity contribution in [3.05, 3.63) is 80.9 Å². The number of ether oxygens (including phenoxy) is 1. The Balaban J connectivity index is 1.53. The van der Waals surface area contributed by atoms with Crippen LogP contribution in [0.2, 0.25) is 0 Å². The van der Waals surface area contributed by atoms with Crippen LogP contribution in [0, 0.1) is 13.8 Å². The molecule has 0 amide bonds. The summed E-state index contributed by atoms with van der Waals surface area (Å²) in [5.74, 6) is 0.668. The molecule has 0 spiro atoms. The molecule has 0 saturated carbocycles. The van der Waals surface area contributed by atoms with Crippen molar-refractivity contribution < 1.29 is 4.74 Å². The van der Waals surface area contributed by atoms with Crippen molar-refractivity contribution in [3.8, 4) is 0 Å². The van der Waals surface area contributed by atoms with Crippen LogP contribution in [0.4, 0.5) is 5.69 Å². The molecule has 1 fully saturated rings. The summed E-state index contributed by atoms with van der Waals surface area (Å²) in [6, 6.07) is 14.2. The van der Waals surface area contributed by atoms with Gasteiger partial charge in [0.25, 0.3) is 5.56 Å². The molecule has 8 heteroatoms. The number of para-hydroxylation sites is 1. The van der Waals surface area contributed by atoms with Gasteiger partial charge >= 0.3 is 0 Å².